The smallest absolute Gasteiger partial charge is 0.272 e. The van der Waals surface area contributed by atoms with Gasteiger partial charge < -0.3 is 16.0 Å². The minimum atomic E-state index is -0.496. The number of fused-ring (bicyclic) bond motifs is 1. The highest BCUT2D eigenvalue weighted by Gasteiger charge is 2.27. The lowest BCUT2D eigenvalue weighted by atomic mass is 10.0. The van der Waals surface area contributed by atoms with Gasteiger partial charge in [-0.25, -0.2) is 0 Å². The van der Waals surface area contributed by atoms with Crippen LogP contribution in [0, 0.1) is 11.3 Å². The first kappa shape index (κ1) is 36.8. The molecule has 4 aromatic carbocycles. The van der Waals surface area contributed by atoms with Crippen LogP contribution in [-0.4, -0.2) is 34.4 Å². The summed E-state index contributed by atoms with van der Waals surface area (Å²) in [4.78, 5) is 44.6. The number of amides is 3. The molecule has 8 nitrogen and oxygen atoms in total. The molecule has 6 rings (SSSR count). The van der Waals surface area contributed by atoms with Crippen molar-refractivity contribution in [3.63, 3.8) is 0 Å². The Morgan fingerprint density at radius 3 is 2.44 bits per heavy atom. The number of hydrogen-bond acceptors (Lipinski definition) is 7. The molecule has 1 atom stereocenters. The van der Waals surface area contributed by atoms with Gasteiger partial charge >= 0.3 is 0 Å². The lowest BCUT2D eigenvalue weighted by Crippen LogP contribution is -2.30. The molecular formula is C41H36BrN5O3S2. The Bertz CT molecular complexity index is 2150. The molecule has 11 heteroatoms. The zero-order chi connectivity index (χ0) is 36.5. The highest BCUT2D eigenvalue weighted by Crippen LogP contribution is 2.38. The van der Waals surface area contributed by atoms with E-state index in [4.69, 9.17) is 0 Å². The summed E-state index contributed by atoms with van der Waals surface area (Å²) >= 11 is 6.34. The van der Waals surface area contributed by atoms with Crippen molar-refractivity contribution in [2.24, 2.45) is 0 Å². The van der Waals surface area contributed by atoms with Gasteiger partial charge in [0.05, 0.1) is 10.8 Å². The van der Waals surface area contributed by atoms with Gasteiger partial charge in [0.2, 0.25) is 5.91 Å². The monoisotopic (exact) mass is 789 g/mol. The standard InChI is InChI=1S/C41H36BrN5O3S2/c1-2-36(40(50)46-41-34(24-43)33-19-20-47(26-37(33)52-41)25-27-11-5-3-6-12-27)51-32-18-10-17-31(23-32)44-39(49)35(22-28-13-9-16-30(42)21-28)45-38(48)29-14-7-4-8-15-29/h3-18,21-23,36H,2,19-20,25-26H2,1H3,(H,44,49)(H,45,48)(H,46,50)/b35-22+. The third kappa shape index (κ3) is 9.46. The van der Waals surface area contributed by atoms with E-state index in [1.54, 1.807) is 42.5 Å². The van der Waals surface area contributed by atoms with Gasteiger partial charge in [-0.2, -0.15) is 5.26 Å². The number of rotatable bonds is 12. The first-order chi connectivity index (χ1) is 25.3. The summed E-state index contributed by atoms with van der Waals surface area (Å²) in [6, 6.07) is 36.1. The van der Waals surface area contributed by atoms with Crippen LogP contribution in [0.3, 0.4) is 0 Å². The lowest BCUT2D eigenvalue weighted by Gasteiger charge is -2.26. The van der Waals surface area contributed by atoms with Crippen LogP contribution in [0.4, 0.5) is 10.7 Å². The van der Waals surface area contributed by atoms with Gasteiger partial charge in [-0.1, -0.05) is 89.6 Å². The summed E-state index contributed by atoms with van der Waals surface area (Å²) in [7, 11) is 0. The van der Waals surface area contributed by atoms with Gasteiger partial charge in [0.1, 0.15) is 16.8 Å². The number of nitriles is 1. The second kappa shape index (κ2) is 17.5. The predicted molar refractivity (Wildman–Crippen MR) is 213 cm³/mol. The number of thioether (sulfide) groups is 1. The molecule has 1 aliphatic rings. The minimum Gasteiger partial charge on any atom is -0.321 e. The largest absolute Gasteiger partial charge is 0.321 e. The van der Waals surface area contributed by atoms with Crippen molar-refractivity contribution in [1.29, 1.82) is 5.26 Å². The summed E-state index contributed by atoms with van der Waals surface area (Å²) in [6.45, 7) is 4.37. The van der Waals surface area contributed by atoms with Crippen LogP contribution >= 0.6 is 39.0 Å². The highest BCUT2D eigenvalue weighted by atomic mass is 79.9. The maximum Gasteiger partial charge on any atom is 0.272 e. The summed E-state index contributed by atoms with van der Waals surface area (Å²) in [5.74, 6) is -1.08. The maximum atomic E-state index is 13.6. The van der Waals surface area contributed by atoms with Crippen LogP contribution in [0.2, 0.25) is 0 Å². The van der Waals surface area contributed by atoms with E-state index in [0.29, 0.717) is 28.2 Å². The summed E-state index contributed by atoms with van der Waals surface area (Å²) in [5.41, 5.74) is 4.57. The van der Waals surface area contributed by atoms with Crippen molar-refractivity contribution in [3.8, 4) is 6.07 Å². The van der Waals surface area contributed by atoms with Gasteiger partial charge in [0, 0.05) is 45.1 Å². The van der Waals surface area contributed by atoms with Gasteiger partial charge in [-0.3, -0.25) is 19.3 Å². The molecule has 1 unspecified atom stereocenters. The summed E-state index contributed by atoms with van der Waals surface area (Å²) < 4.78 is 0.836. The predicted octanol–water partition coefficient (Wildman–Crippen LogP) is 8.86. The Balaban J connectivity index is 1.13. The van der Waals surface area contributed by atoms with E-state index >= 15 is 0 Å². The van der Waals surface area contributed by atoms with E-state index in [2.05, 4.69) is 55.0 Å². The SMILES string of the molecule is CCC(Sc1cccc(NC(=O)/C(=C\c2cccc(Br)c2)NC(=O)c2ccccc2)c1)C(=O)Nc1sc2c(c1C#N)CCN(Cc1ccccc1)C2. The number of anilines is 2. The first-order valence-electron chi connectivity index (χ1n) is 16.8. The molecule has 0 aliphatic carbocycles. The fourth-order valence-corrected chi connectivity index (χ4v) is 8.54. The number of hydrogen-bond donors (Lipinski definition) is 3. The topological polar surface area (TPSA) is 114 Å². The fraction of sp³-hybridized carbons (Fsp3) is 0.171. The van der Waals surface area contributed by atoms with Crippen LogP contribution in [-0.2, 0) is 29.1 Å². The Morgan fingerprint density at radius 1 is 0.962 bits per heavy atom. The van der Waals surface area contributed by atoms with E-state index in [0.717, 1.165) is 51.4 Å². The molecule has 2 heterocycles. The molecule has 52 heavy (non-hydrogen) atoms. The number of carbonyl (C=O) groups excluding carboxylic acids is 3. The number of halogens is 1. The number of nitrogens with one attached hydrogen (secondary N) is 3. The molecule has 3 amide bonds. The van der Waals surface area contributed by atoms with Crippen molar-refractivity contribution >= 4 is 73.5 Å². The normalized spacial score (nSPS) is 13.4. The van der Waals surface area contributed by atoms with Gasteiger partial charge in [0.15, 0.2) is 0 Å². The highest BCUT2D eigenvalue weighted by molar-refractivity contribution is 9.10. The Labute approximate surface area is 320 Å². The molecule has 0 bridgehead atoms. The average Bonchev–Trinajstić information content (AvgIpc) is 3.50. The first-order valence-corrected chi connectivity index (χ1v) is 19.3. The number of benzene rings is 4. The van der Waals surface area contributed by atoms with Gasteiger partial charge in [0.25, 0.3) is 11.8 Å². The molecule has 0 spiro atoms. The van der Waals surface area contributed by atoms with Crippen molar-refractivity contribution < 1.29 is 14.4 Å². The number of nitrogens with zero attached hydrogens (tertiary/aromatic N) is 2. The summed E-state index contributed by atoms with van der Waals surface area (Å²) in [5, 5.41) is 19.0. The third-order valence-electron chi connectivity index (χ3n) is 8.46. The maximum absolute atomic E-state index is 13.6. The quantitative estimate of drug-likeness (QED) is 0.0860. The molecule has 1 aliphatic heterocycles. The molecule has 3 N–H and O–H groups in total. The van der Waals surface area contributed by atoms with E-state index in [1.807, 2.05) is 67.6 Å². The Hall–Kier alpha value is -4.99. The van der Waals surface area contributed by atoms with Crippen molar-refractivity contribution in [2.75, 3.05) is 17.2 Å². The van der Waals surface area contributed by atoms with Crippen LogP contribution in [0.15, 0.2) is 124 Å². The lowest BCUT2D eigenvalue weighted by molar-refractivity contribution is -0.116. The van der Waals surface area contributed by atoms with Crippen molar-refractivity contribution in [1.82, 2.24) is 10.2 Å². The molecule has 0 saturated heterocycles. The Kier molecular flexibility index (Phi) is 12.4. The Morgan fingerprint density at radius 2 is 1.71 bits per heavy atom. The van der Waals surface area contributed by atoms with Gasteiger partial charge in [-0.05, 0) is 78.1 Å². The van der Waals surface area contributed by atoms with Crippen molar-refractivity contribution in [3.05, 3.63) is 152 Å². The van der Waals surface area contributed by atoms with Crippen LogP contribution in [0.1, 0.15) is 50.8 Å². The van der Waals surface area contributed by atoms with Gasteiger partial charge in [-0.15, -0.1) is 23.1 Å². The van der Waals surface area contributed by atoms with E-state index in [9.17, 15) is 19.6 Å². The minimum absolute atomic E-state index is 0.0750. The number of thiophene rings is 1. The molecular weight excluding hydrogens is 755 g/mol. The molecule has 1 aromatic heterocycles. The van der Waals surface area contributed by atoms with Crippen molar-refractivity contribution in [2.45, 2.75) is 43.0 Å². The molecule has 262 valence electrons. The third-order valence-corrected chi connectivity index (χ3v) is 11.4. The zero-order valence-corrected chi connectivity index (χ0v) is 31.6. The van der Waals surface area contributed by atoms with Crippen LogP contribution < -0.4 is 16.0 Å². The second-order valence-corrected chi connectivity index (χ2v) is 15.5. The molecule has 0 fully saturated rings. The second-order valence-electron chi connectivity index (χ2n) is 12.2. The fourth-order valence-electron chi connectivity index (χ4n) is 5.87. The van der Waals surface area contributed by atoms with E-state index < -0.39 is 17.1 Å². The van der Waals surface area contributed by atoms with E-state index in [1.165, 1.54) is 28.7 Å². The number of carbonyl (C=O) groups is 3. The van der Waals surface area contributed by atoms with Crippen LogP contribution in [0.25, 0.3) is 6.08 Å². The van der Waals surface area contributed by atoms with Crippen LogP contribution in [0.5, 0.6) is 0 Å². The van der Waals surface area contributed by atoms with E-state index in [-0.39, 0.29) is 11.6 Å². The summed E-state index contributed by atoms with van der Waals surface area (Å²) in [6.07, 6.45) is 2.93. The molecule has 0 radical (unpaired) electrons. The molecule has 5 aromatic rings. The molecule has 0 saturated carbocycles. The average molecular weight is 791 g/mol. The zero-order valence-electron chi connectivity index (χ0n) is 28.4.